The fourth-order valence-electron chi connectivity index (χ4n) is 2.71. The molecule has 1 amide bonds. The van der Waals surface area contributed by atoms with Crippen LogP contribution in [0, 0.1) is 0 Å². The molecule has 0 bridgehead atoms. The molecule has 24 heavy (non-hydrogen) atoms. The van der Waals surface area contributed by atoms with Crippen molar-refractivity contribution in [3.63, 3.8) is 0 Å². The highest BCUT2D eigenvalue weighted by Gasteiger charge is 2.08. The number of carbonyl (C=O) groups excluding carboxylic acids is 2. The number of benzene rings is 1. The summed E-state index contributed by atoms with van der Waals surface area (Å²) in [7, 11) is 0. The second kappa shape index (κ2) is 9.75. The molecule has 0 atom stereocenters. The molecule has 0 spiro atoms. The van der Waals surface area contributed by atoms with Gasteiger partial charge in [-0.15, -0.1) is 0 Å². The summed E-state index contributed by atoms with van der Waals surface area (Å²) in [6.45, 7) is 2.98. The summed E-state index contributed by atoms with van der Waals surface area (Å²) in [6.07, 6.45) is 8.11. The molecule has 0 aliphatic heterocycles. The van der Waals surface area contributed by atoms with Crippen LogP contribution < -0.4 is 10.6 Å². The Kier molecular flexibility index (Phi) is 7.33. The van der Waals surface area contributed by atoms with E-state index in [1.807, 2.05) is 6.07 Å². The third-order valence-electron chi connectivity index (χ3n) is 3.98. The lowest BCUT2D eigenvalue weighted by atomic mass is 9.97. The van der Waals surface area contributed by atoms with Crippen molar-refractivity contribution in [2.75, 3.05) is 25.0 Å². The number of nitrogens with one attached hydrogen (secondary N) is 2. The highest BCUT2D eigenvalue weighted by Crippen LogP contribution is 2.19. The van der Waals surface area contributed by atoms with Crippen molar-refractivity contribution in [2.24, 2.45) is 0 Å². The number of anilines is 1. The monoisotopic (exact) mass is 330 g/mol. The van der Waals surface area contributed by atoms with Gasteiger partial charge in [-0.05, 0) is 57.2 Å². The van der Waals surface area contributed by atoms with Crippen molar-refractivity contribution in [2.45, 2.75) is 39.0 Å². The highest BCUT2D eigenvalue weighted by molar-refractivity contribution is 5.90. The molecule has 0 unspecified atom stereocenters. The first-order valence-corrected chi connectivity index (χ1v) is 8.64. The van der Waals surface area contributed by atoms with Crippen molar-refractivity contribution in [1.82, 2.24) is 5.32 Å². The maximum Gasteiger partial charge on any atom is 0.338 e. The second-order valence-corrected chi connectivity index (χ2v) is 5.86. The molecule has 2 N–H and O–H groups in total. The van der Waals surface area contributed by atoms with Crippen LogP contribution in [0.1, 0.15) is 49.4 Å². The Bertz CT molecular complexity index is 596. The van der Waals surface area contributed by atoms with Crippen LogP contribution in [0.25, 0.3) is 0 Å². The van der Waals surface area contributed by atoms with E-state index in [1.165, 1.54) is 24.8 Å². The van der Waals surface area contributed by atoms with Crippen molar-refractivity contribution >= 4 is 17.6 Å². The van der Waals surface area contributed by atoms with E-state index in [0.29, 0.717) is 18.7 Å². The summed E-state index contributed by atoms with van der Waals surface area (Å²) in [6, 6.07) is 6.98. The van der Waals surface area contributed by atoms with E-state index in [0.717, 1.165) is 18.5 Å². The SMILES string of the molecule is CCOC(=O)c1cccc(NCC(=O)NCCC2=CCCCC2)c1. The molecule has 0 saturated heterocycles. The Labute approximate surface area is 143 Å². The van der Waals surface area contributed by atoms with Crippen LogP contribution in [0.2, 0.25) is 0 Å². The third-order valence-corrected chi connectivity index (χ3v) is 3.98. The average molecular weight is 330 g/mol. The maximum absolute atomic E-state index is 11.9. The van der Waals surface area contributed by atoms with Gasteiger partial charge in [-0.3, -0.25) is 4.79 Å². The number of esters is 1. The zero-order valence-electron chi connectivity index (χ0n) is 14.3. The number of ether oxygens (including phenoxy) is 1. The molecule has 1 aromatic rings. The first-order valence-electron chi connectivity index (χ1n) is 8.64. The number of hydrogen-bond acceptors (Lipinski definition) is 4. The summed E-state index contributed by atoms with van der Waals surface area (Å²) in [5.74, 6) is -0.403. The Morgan fingerprint density at radius 2 is 2.12 bits per heavy atom. The maximum atomic E-state index is 11.9. The quantitative estimate of drug-likeness (QED) is 0.567. The minimum Gasteiger partial charge on any atom is -0.462 e. The Morgan fingerprint density at radius 3 is 2.88 bits per heavy atom. The number of carbonyl (C=O) groups is 2. The zero-order chi connectivity index (χ0) is 17.2. The minimum atomic E-state index is -0.355. The van der Waals surface area contributed by atoms with Gasteiger partial charge in [0.15, 0.2) is 0 Å². The van der Waals surface area contributed by atoms with E-state index in [-0.39, 0.29) is 18.4 Å². The predicted molar refractivity (Wildman–Crippen MR) is 95.1 cm³/mol. The van der Waals surface area contributed by atoms with E-state index >= 15 is 0 Å². The average Bonchev–Trinajstić information content (AvgIpc) is 2.61. The Balaban J connectivity index is 1.72. The summed E-state index contributed by atoms with van der Waals surface area (Å²) < 4.78 is 4.97. The van der Waals surface area contributed by atoms with E-state index in [2.05, 4.69) is 16.7 Å². The summed E-state index contributed by atoms with van der Waals surface area (Å²) in [5.41, 5.74) is 2.66. The lowest BCUT2D eigenvalue weighted by molar-refractivity contribution is -0.119. The van der Waals surface area contributed by atoms with Gasteiger partial charge in [0, 0.05) is 12.2 Å². The van der Waals surface area contributed by atoms with Gasteiger partial charge in [-0.25, -0.2) is 4.79 Å². The van der Waals surface area contributed by atoms with Gasteiger partial charge < -0.3 is 15.4 Å². The van der Waals surface area contributed by atoms with E-state index in [9.17, 15) is 9.59 Å². The molecule has 0 saturated carbocycles. The molecular formula is C19H26N2O3. The van der Waals surface area contributed by atoms with Gasteiger partial charge in [0.2, 0.25) is 5.91 Å². The first kappa shape index (κ1) is 18.0. The lowest BCUT2D eigenvalue weighted by Crippen LogP contribution is -2.30. The Morgan fingerprint density at radius 1 is 1.25 bits per heavy atom. The molecular weight excluding hydrogens is 304 g/mol. The largest absolute Gasteiger partial charge is 0.462 e. The van der Waals surface area contributed by atoms with E-state index in [4.69, 9.17) is 4.74 Å². The summed E-state index contributed by atoms with van der Waals surface area (Å²) >= 11 is 0. The van der Waals surface area contributed by atoms with Crippen molar-refractivity contribution < 1.29 is 14.3 Å². The van der Waals surface area contributed by atoms with Crippen LogP contribution in [-0.2, 0) is 9.53 Å². The molecule has 1 aliphatic rings. The number of allylic oxidation sites excluding steroid dienone is 1. The standard InChI is InChI=1S/C19H26N2O3/c1-2-24-19(23)16-9-6-10-17(13-16)21-14-18(22)20-12-11-15-7-4-3-5-8-15/h6-7,9-10,13,21H,2-5,8,11-12,14H2,1H3,(H,20,22). The lowest BCUT2D eigenvalue weighted by Gasteiger charge is -2.13. The van der Waals surface area contributed by atoms with Crippen molar-refractivity contribution in [3.8, 4) is 0 Å². The normalized spacial score (nSPS) is 13.8. The predicted octanol–water partition coefficient (Wildman–Crippen LogP) is 3.28. The van der Waals surface area contributed by atoms with E-state index in [1.54, 1.807) is 25.1 Å². The fourth-order valence-corrected chi connectivity index (χ4v) is 2.71. The topological polar surface area (TPSA) is 67.4 Å². The zero-order valence-corrected chi connectivity index (χ0v) is 14.3. The molecule has 0 heterocycles. The van der Waals surface area contributed by atoms with Gasteiger partial charge in [-0.2, -0.15) is 0 Å². The van der Waals surface area contributed by atoms with Gasteiger partial charge in [0.1, 0.15) is 0 Å². The molecule has 0 aromatic heterocycles. The van der Waals surface area contributed by atoms with Gasteiger partial charge >= 0.3 is 5.97 Å². The second-order valence-electron chi connectivity index (χ2n) is 5.86. The molecule has 5 nitrogen and oxygen atoms in total. The Hall–Kier alpha value is -2.30. The fraction of sp³-hybridized carbons (Fsp3) is 0.474. The van der Waals surface area contributed by atoms with Gasteiger partial charge in [0.25, 0.3) is 0 Å². The van der Waals surface area contributed by atoms with Gasteiger partial charge in [-0.1, -0.05) is 17.7 Å². The molecule has 130 valence electrons. The minimum absolute atomic E-state index is 0.0482. The summed E-state index contributed by atoms with van der Waals surface area (Å²) in [5, 5.41) is 5.96. The summed E-state index contributed by atoms with van der Waals surface area (Å²) in [4.78, 5) is 23.6. The third kappa shape index (κ3) is 6.07. The van der Waals surface area contributed by atoms with Crippen LogP contribution in [0.15, 0.2) is 35.9 Å². The molecule has 0 fully saturated rings. The molecule has 0 radical (unpaired) electrons. The van der Waals surface area contributed by atoms with Crippen LogP contribution in [-0.4, -0.2) is 31.6 Å². The highest BCUT2D eigenvalue weighted by atomic mass is 16.5. The van der Waals surface area contributed by atoms with E-state index < -0.39 is 0 Å². The number of hydrogen-bond donors (Lipinski definition) is 2. The van der Waals surface area contributed by atoms with Crippen LogP contribution in [0.5, 0.6) is 0 Å². The number of rotatable bonds is 8. The molecule has 1 aliphatic carbocycles. The smallest absolute Gasteiger partial charge is 0.338 e. The number of amides is 1. The van der Waals surface area contributed by atoms with Crippen LogP contribution in [0.3, 0.4) is 0 Å². The van der Waals surface area contributed by atoms with Crippen molar-refractivity contribution in [3.05, 3.63) is 41.5 Å². The molecule has 1 aromatic carbocycles. The molecule has 5 heteroatoms. The van der Waals surface area contributed by atoms with Gasteiger partial charge in [0.05, 0.1) is 18.7 Å². The van der Waals surface area contributed by atoms with Crippen molar-refractivity contribution in [1.29, 1.82) is 0 Å². The van der Waals surface area contributed by atoms with Crippen LogP contribution >= 0.6 is 0 Å². The first-order chi connectivity index (χ1) is 11.7. The molecule has 2 rings (SSSR count). The van der Waals surface area contributed by atoms with Crippen LogP contribution in [0.4, 0.5) is 5.69 Å².